The van der Waals surface area contributed by atoms with Crippen molar-refractivity contribution in [2.45, 2.75) is 57.6 Å². The van der Waals surface area contributed by atoms with Gasteiger partial charge in [-0.2, -0.15) is 0 Å². The highest BCUT2D eigenvalue weighted by molar-refractivity contribution is 5.35. The summed E-state index contributed by atoms with van der Waals surface area (Å²) in [5.74, 6) is 0.981. The lowest BCUT2D eigenvalue weighted by molar-refractivity contribution is 0.181. The van der Waals surface area contributed by atoms with Crippen LogP contribution in [0.25, 0.3) is 0 Å². The minimum absolute atomic E-state index is 0.0389. The molecule has 2 nitrogen and oxygen atoms in total. The highest BCUT2D eigenvalue weighted by Gasteiger charge is 2.16. The van der Waals surface area contributed by atoms with Crippen LogP contribution in [-0.2, 0) is 0 Å². The van der Waals surface area contributed by atoms with Gasteiger partial charge in [-0.05, 0) is 38.7 Å². The molecule has 1 aromatic rings. The first-order chi connectivity index (χ1) is 8.27. The molecule has 1 saturated carbocycles. The van der Waals surface area contributed by atoms with Crippen LogP contribution >= 0.6 is 0 Å². The number of rotatable bonds is 3. The molecule has 2 heteroatoms. The van der Waals surface area contributed by atoms with Crippen molar-refractivity contribution in [1.82, 2.24) is 0 Å². The molecule has 0 amide bonds. The van der Waals surface area contributed by atoms with E-state index in [0.717, 1.165) is 11.3 Å². The lowest BCUT2D eigenvalue weighted by atomic mass is 10.1. The number of hydrogen-bond donors (Lipinski definition) is 1. The average Bonchev–Trinajstić information content (AvgIpc) is 2.58. The predicted molar refractivity (Wildman–Crippen MR) is 71.2 cm³/mol. The largest absolute Gasteiger partial charge is 0.490 e. The second kappa shape index (κ2) is 6.06. The number of para-hydroxylation sites is 1. The Hall–Kier alpha value is -1.02. The summed E-state index contributed by atoms with van der Waals surface area (Å²) >= 11 is 0. The van der Waals surface area contributed by atoms with E-state index in [4.69, 9.17) is 10.5 Å². The van der Waals surface area contributed by atoms with E-state index < -0.39 is 0 Å². The molecule has 1 aliphatic rings. The number of hydrogen-bond acceptors (Lipinski definition) is 2. The molecule has 2 N–H and O–H groups in total. The van der Waals surface area contributed by atoms with Gasteiger partial charge in [0.2, 0.25) is 0 Å². The summed E-state index contributed by atoms with van der Waals surface area (Å²) in [4.78, 5) is 0. The molecule has 1 aromatic carbocycles. The van der Waals surface area contributed by atoms with Gasteiger partial charge < -0.3 is 10.5 Å². The fraction of sp³-hybridized carbons (Fsp3) is 0.600. The van der Waals surface area contributed by atoms with Gasteiger partial charge >= 0.3 is 0 Å². The van der Waals surface area contributed by atoms with E-state index in [0.29, 0.717) is 6.10 Å². The van der Waals surface area contributed by atoms with Crippen LogP contribution in [0.3, 0.4) is 0 Å². The summed E-state index contributed by atoms with van der Waals surface area (Å²) < 4.78 is 6.15. The Bertz CT molecular complexity index is 341. The minimum Gasteiger partial charge on any atom is -0.490 e. The molecule has 1 atom stereocenters. The lowest BCUT2D eigenvalue weighted by Crippen LogP contribution is -2.17. The van der Waals surface area contributed by atoms with Crippen molar-refractivity contribution >= 4 is 0 Å². The van der Waals surface area contributed by atoms with Crippen molar-refractivity contribution in [3.8, 4) is 5.75 Å². The lowest BCUT2D eigenvalue weighted by Gasteiger charge is -2.20. The maximum atomic E-state index is 6.15. The molecule has 1 unspecified atom stereocenters. The summed E-state index contributed by atoms with van der Waals surface area (Å²) in [5, 5.41) is 0. The van der Waals surface area contributed by atoms with E-state index in [-0.39, 0.29) is 6.04 Å². The first kappa shape index (κ1) is 12.4. The normalized spacial score (nSPS) is 19.6. The molecular weight excluding hydrogens is 210 g/mol. The maximum Gasteiger partial charge on any atom is 0.124 e. The zero-order valence-electron chi connectivity index (χ0n) is 10.7. The number of nitrogens with two attached hydrogens (primary N) is 1. The van der Waals surface area contributed by atoms with Gasteiger partial charge in [0, 0.05) is 11.6 Å². The summed E-state index contributed by atoms with van der Waals surface area (Å²) in [6.45, 7) is 2.01. The van der Waals surface area contributed by atoms with Crippen LogP contribution in [-0.4, -0.2) is 6.10 Å². The van der Waals surface area contributed by atoms with Gasteiger partial charge in [0.15, 0.2) is 0 Å². The van der Waals surface area contributed by atoms with Crippen molar-refractivity contribution in [1.29, 1.82) is 0 Å². The Balaban J connectivity index is 2.06. The summed E-state index contributed by atoms with van der Waals surface area (Å²) in [6, 6.07) is 8.20. The van der Waals surface area contributed by atoms with Crippen molar-refractivity contribution in [3.05, 3.63) is 29.8 Å². The van der Waals surface area contributed by atoms with Crippen molar-refractivity contribution in [2.75, 3.05) is 0 Å². The van der Waals surface area contributed by atoms with Crippen LogP contribution in [0.1, 0.15) is 57.1 Å². The van der Waals surface area contributed by atoms with Crippen LogP contribution in [0.15, 0.2) is 24.3 Å². The van der Waals surface area contributed by atoms with Crippen molar-refractivity contribution in [3.63, 3.8) is 0 Å². The molecule has 1 fully saturated rings. The van der Waals surface area contributed by atoms with E-state index in [1.165, 1.54) is 38.5 Å². The molecule has 0 saturated heterocycles. The standard InChI is InChI=1S/C15H23NO/c1-12(16)14-10-6-7-11-15(14)17-13-8-4-2-3-5-9-13/h6-7,10-13H,2-5,8-9,16H2,1H3. The van der Waals surface area contributed by atoms with Gasteiger partial charge in [-0.3, -0.25) is 0 Å². The second-order valence-corrected chi connectivity index (χ2v) is 5.06. The fourth-order valence-corrected chi connectivity index (χ4v) is 2.50. The number of ether oxygens (including phenoxy) is 1. The predicted octanol–water partition coefficient (Wildman–Crippen LogP) is 3.81. The Morgan fingerprint density at radius 1 is 1.12 bits per heavy atom. The first-order valence-corrected chi connectivity index (χ1v) is 6.78. The zero-order valence-corrected chi connectivity index (χ0v) is 10.7. The van der Waals surface area contributed by atoms with Crippen LogP contribution in [0.2, 0.25) is 0 Å². The molecule has 0 aliphatic heterocycles. The zero-order chi connectivity index (χ0) is 12.1. The topological polar surface area (TPSA) is 35.2 Å². The molecule has 94 valence electrons. The summed E-state index contributed by atoms with van der Waals surface area (Å²) in [5.41, 5.74) is 7.09. The SMILES string of the molecule is CC(N)c1ccccc1OC1CCCCCC1. The first-order valence-electron chi connectivity index (χ1n) is 6.78. The third-order valence-corrected chi connectivity index (χ3v) is 3.51. The third kappa shape index (κ3) is 3.47. The second-order valence-electron chi connectivity index (χ2n) is 5.06. The van der Waals surface area contributed by atoms with E-state index in [2.05, 4.69) is 6.07 Å². The molecule has 0 spiro atoms. The molecule has 1 aliphatic carbocycles. The van der Waals surface area contributed by atoms with Gasteiger partial charge in [-0.25, -0.2) is 0 Å². The maximum absolute atomic E-state index is 6.15. The van der Waals surface area contributed by atoms with Gasteiger partial charge in [-0.1, -0.05) is 31.0 Å². The molecular formula is C15H23NO. The van der Waals surface area contributed by atoms with Crippen molar-refractivity contribution < 1.29 is 4.74 Å². The van der Waals surface area contributed by atoms with Gasteiger partial charge in [0.1, 0.15) is 5.75 Å². The minimum atomic E-state index is 0.0389. The molecule has 2 rings (SSSR count). The van der Waals surface area contributed by atoms with Crippen LogP contribution in [0, 0.1) is 0 Å². The Morgan fingerprint density at radius 2 is 1.76 bits per heavy atom. The third-order valence-electron chi connectivity index (χ3n) is 3.51. The highest BCUT2D eigenvalue weighted by Crippen LogP contribution is 2.28. The van der Waals surface area contributed by atoms with E-state index in [9.17, 15) is 0 Å². The van der Waals surface area contributed by atoms with Crippen LogP contribution in [0.5, 0.6) is 5.75 Å². The highest BCUT2D eigenvalue weighted by atomic mass is 16.5. The monoisotopic (exact) mass is 233 g/mol. The Kier molecular flexibility index (Phi) is 4.43. The quantitative estimate of drug-likeness (QED) is 0.806. The summed E-state index contributed by atoms with van der Waals surface area (Å²) in [6.07, 6.45) is 8.07. The molecule has 0 radical (unpaired) electrons. The summed E-state index contributed by atoms with van der Waals surface area (Å²) in [7, 11) is 0. The fourth-order valence-electron chi connectivity index (χ4n) is 2.50. The van der Waals surface area contributed by atoms with E-state index >= 15 is 0 Å². The van der Waals surface area contributed by atoms with Gasteiger partial charge in [0.05, 0.1) is 6.10 Å². The van der Waals surface area contributed by atoms with Crippen LogP contribution < -0.4 is 10.5 Å². The molecule has 0 bridgehead atoms. The number of benzene rings is 1. The Morgan fingerprint density at radius 3 is 2.41 bits per heavy atom. The Labute approximate surface area is 104 Å². The van der Waals surface area contributed by atoms with E-state index in [1.807, 2.05) is 25.1 Å². The average molecular weight is 233 g/mol. The molecule has 0 heterocycles. The van der Waals surface area contributed by atoms with Gasteiger partial charge in [0.25, 0.3) is 0 Å². The molecule has 0 aromatic heterocycles. The van der Waals surface area contributed by atoms with Crippen LogP contribution in [0.4, 0.5) is 0 Å². The van der Waals surface area contributed by atoms with E-state index in [1.54, 1.807) is 0 Å². The molecule has 17 heavy (non-hydrogen) atoms. The van der Waals surface area contributed by atoms with Crippen molar-refractivity contribution in [2.24, 2.45) is 5.73 Å². The van der Waals surface area contributed by atoms with Gasteiger partial charge in [-0.15, -0.1) is 0 Å². The smallest absolute Gasteiger partial charge is 0.124 e.